The molecule has 0 spiro atoms. The minimum Gasteiger partial charge on any atom is -0.497 e. The van der Waals surface area contributed by atoms with Crippen molar-refractivity contribution in [1.82, 2.24) is 14.8 Å². The highest BCUT2D eigenvalue weighted by atomic mass is 35.5. The molecule has 1 heterocycles. The monoisotopic (exact) mass is 480 g/mol. The molecule has 0 fully saturated rings. The first kappa shape index (κ1) is 22.7. The van der Waals surface area contributed by atoms with Gasteiger partial charge in [-0.05, 0) is 48.5 Å². The molecule has 0 radical (unpaired) electrons. The molecule has 168 valence electrons. The maximum atomic E-state index is 9.54. The zero-order valence-corrected chi connectivity index (χ0v) is 19.3. The molecule has 0 aliphatic carbocycles. The van der Waals surface area contributed by atoms with Gasteiger partial charge in [-0.1, -0.05) is 58.9 Å². The van der Waals surface area contributed by atoms with E-state index in [-0.39, 0.29) is 6.61 Å². The summed E-state index contributed by atoms with van der Waals surface area (Å²) < 4.78 is 13.1. The van der Waals surface area contributed by atoms with Crippen LogP contribution in [0.1, 0.15) is 11.4 Å². The summed E-state index contributed by atoms with van der Waals surface area (Å²) in [5, 5.41) is 23.0. The second-order valence-electron chi connectivity index (χ2n) is 6.88. The predicted molar refractivity (Wildman–Crippen MR) is 129 cm³/mol. The van der Waals surface area contributed by atoms with E-state index in [1.165, 1.54) is 11.8 Å². The highest BCUT2D eigenvalue weighted by Gasteiger charge is 2.17. The van der Waals surface area contributed by atoms with Crippen LogP contribution in [0.15, 0.2) is 89.2 Å². The van der Waals surface area contributed by atoms with Crippen LogP contribution in [-0.4, -0.2) is 38.5 Å². The van der Waals surface area contributed by atoms with Gasteiger partial charge in [-0.25, -0.2) is 0 Å². The summed E-state index contributed by atoms with van der Waals surface area (Å²) in [7, 11) is 1.62. The fourth-order valence-corrected chi connectivity index (χ4v) is 4.14. The Bertz CT molecular complexity index is 1210. The standard InChI is InChI=1S/C24H21ClN4O3S/c1-31-20-11-13-21(14-12-20)32-15-23-26-27-24(29(23)19-5-3-2-4-6-19)33-16-22(28-30)17-7-9-18(25)10-8-17/h2-14,30H,15-16H2,1H3/b28-22-. The van der Waals surface area contributed by atoms with E-state index in [0.717, 1.165) is 17.0 Å². The molecule has 9 heteroatoms. The molecule has 0 atom stereocenters. The average Bonchev–Trinajstić information content (AvgIpc) is 3.27. The van der Waals surface area contributed by atoms with E-state index in [4.69, 9.17) is 21.1 Å². The zero-order valence-electron chi connectivity index (χ0n) is 17.8. The third-order valence-corrected chi connectivity index (χ3v) is 5.97. The number of hydrogen-bond acceptors (Lipinski definition) is 7. The second kappa shape index (κ2) is 10.9. The van der Waals surface area contributed by atoms with Crippen molar-refractivity contribution in [1.29, 1.82) is 0 Å². The van der Waals surface area contributed by atoms with Gasteiger partial charge in [0.1, 0.15) is 18.1 Å². The van der Waals surface area contributed by atoms with Crippen LogP contribution in [0.2, 0.25) is 5.02 Å². The third-order valence-electron chi connectivity index (χ3n) is 4.78. The number of nitrogens with zero attached hydrogens (tertiary/aromatic N) is 4. The van der Waals surface area contributed by atoms with Crippen LogP contribution in [-0.2, 0) is 6.61 Å². The van der Waals surface area contributed by atoms with Gasteiger partial charge in [0.05, 0.1) is 12.8 Å². The van der Waals surface area contributed by atoms with E-state index in [2.05, 4.69) is 15.4 Å². The summed E-state index contributed by atoms with van der Waals surface area (Å²) in [5.41, 5.74) is 2.20. The van der Waals surface area contributed by atoms with Crippen LogP contribution in [0.5, 0.6) is 11.5 Å². The van der Waals surface area contributed by atoms with Crippen molar-refractivity contribution in [2.24, 2.45) is 5.16 Å². The van der Waals surface area contributed by atoms with Gasteiger partial charge in [-0.2, -0.15) is 0 Å². The Labute approximate surface area is 200 Å². The van der Waals surface area contributed by atoms with E-state index >= 15 is 0 Å². The van der Waals surface area contributed by atoms with E-state index in [1.54, 1.807) is 19.2 Å². The first-order valence-corrected chi connectivity index (χ1v) is 11.4. The maximum absolute atomic E-state index is 9.54. The molecule has 7 nitrogen and oxygen atoms in total. The van der Waals surface area contributed by atoms with E-state index in [9.17, 15) is 5.21 Å². The molecule has 33 heavy (non-hydrogen) atoms. The molecule has 0 aliphatic heterocycles. The molecule has 0 saturated heterocycles. The Balaban J connectivity index is 1.55. The molecule has 3 aromatic carbocycles. The normalized spacial score (nSPS) is 11.4. The first-order chi connectivity index (χ1) is 16.2. The van der Waals surface area contributed by atoms with Crippen molar-refractivity contribution < 1.29 is 14.7 Å². The van der Waals surface area contributed by atoms with E-state index in [0.29, 0.717) is 33.2 Å². The Morgan fingerprint density at radius 1 is 0.970 bits per heavy atom. The van der Waals surface area contributed by atoms with Gasteiger partial charge in [0.2, 0.25) is 0 Å². The summed E-state index contributed by atoms with van der Waals surface area (Å²) in [5.74, 6) is 2.50. The lowest BCUT2D eigenvalue weighted by molar-refractivity contribution is 0.292. The number of oxime groups is 1. The molecule has 1 N–H and O–H groups in total. The fraction of sp³-hybridized carbons (Fsp3) is 0.125. The molecule has 0 unspecified atom stereocenters. The van der Waals surface area contributed by atoms with Crippen LogP contribution < -0.4 is 9.47 Å². The smallest absolute Gasteiger partial charge is 0.196 e. The summed E-state index contributed by atoms with van der Waals surface area (Å²) >= 11 is 7.38. The second-order valence-corrected chi connectivity index (χ2v) is 8.26. The molecule has 4 rings (SSSR count). The van der Waals surface area contributed by atoms with Gasteiger partial charge in [0.25, 0.3) is 0 Å². The van der Waals surface area contributed by atoms with Crippen LogP contribution in [0, 0.1) is 0 Å². The number of hydrogen-bond donors (Lipinski definition) is 1. The first-order valence-electron chi connectivity index (χ1n) is 10.0. The quantitative estimate of drug-likeness (QED) is 0.148. The Hall–Kier alpha value is -3.49. The average molecular weight is 481 g/mol. The topological polar surface area (TPSA) is 81.8 Å². The molecule has 0 amide bonds. The van der Waals surface area contributed by atoms with Gasteiger partial charge in [-0.15, -0.1) is 10.2 Å². The summed E-state index contributed by atoms with van der Waals surface area (Å²) in [6, 6.07) is 24.3. The van der Waals surface area contributed by atoms with Crippen molar-refractivity contribution in [2.75, 3.05) is 12.9 Å². The number of para-hydroxylation sites is 1. The number of halogens is 1. The third kappa shape index (κ3) is 5.66. The molecule has 0 aliphatic rings. The number of thioether (sulfide) groups is 1. The minimum absolute atomic E-state index is 0.229. The van der Waals surface area contributed by atoms with Crippen molar-refractivity contribution >= 4 is 29.1 Å². The van der Waals surface area contributed by atoms with Gasteiger partial charge >= 0.3 is 0 Å². The van der Waals surface area contributed by atoms with Crippen LogP contribution >= 0.6 is 23.4 Å². The lowest BCUT2D eigenvalue weighted by atomic mass is 10.1. The number of benzene rings is 3. The molecule has 1 aromatic heterocycles. The lowest BCUT2D eigenvalue weighted by Crippen LogP contribution is -2.08. The Morgan fingerprint density at radius 3 is 2.33 bits per heavy atom. The number of aromatic nitrogens is 3. The maximum Gasteiger partial charge on any atom is 0.196 e. The zero-order chi connectivity index (χ0) is 23.0. The molecule has 4 aromatic rings. The van der Waals surface area contributed by atoms with Crippen molar-refractivity contribution in [3.05, 3.63) is 95.3 Å². The molecular formula is C24H21ClN4O3S. The Kier molecular flexibility index (Phi) is 7.49. The van der Waals surface area contributed by atoms with Crippen LogP contribution in [0.3, 0.4) is 0 Å². The highest BCUT2D eigenvalue weighted by Crippen LogP contribution is 2.25. The van der Waals surface area contributed by atoms with Gasteiger partial charge in [0.15, 0.2) is 11.0 Å². The van der Waals surface area contributed by atoms with Crippen LogP contribution in [0.4, 0.5) is 0 Å². The van der Waals surface area contributed by atoms with E-state index in [1.807, 2.05) is 71.3 Å². The Morgan fingerprint density at radius 2 is 1.67 bits per heavy atom. The fourth-order valence-electron chi connectivity index (χ4n) is 3.09. The van der Waals surface area contributed by atoms with E-state index < -0.39 is 0 Å². The van der Waals surface area contributed by atoms with Gasteiger partial charge < -0.3 is 14.7 Å². The summed E-state index contributed by atoms with van der Waals surface area (Å²) in [6.07, 6.45) is 0. The number of ether oxygens (including phenoxy) is 2. The summed E-state index contributed by atoms with van der Waals surface area (Å²) in [6.45, 7) is 0.229. The van der Waals surface area contributed by atoms with Crippen molar-refractivity contribution in [3.63, 3.8) is 0 Å². The molecule has 0 saturated carbocycles. The van der Waals surface area contributed by atoms with Crippen molar-refractivity contribution in [2.45, 2.75) is 11.8 Å². The number of methoxy groups -OCH3 is 1. The lowest BCUT2D eigenvalue weighted by Gasteiger charge is -2.12. The largest absolute Gasteiger partial charge is 0.497 e. The highest BCUT2D eigenvalue weighted by molar-refractivity contribution is 7.99. The predicted octanol–water partition coefficient (Wildman–Crippen LogP) is 5.48. The molecule has 0 bridgehead atoms. The van der Waals surface area contributed by atoms with Gasteiger partial charge in [-0.3, -0.25) is 4.57 Å². The van der Waals surface area contributed by atoms with Crippen LogP contribution in [0.25, 0.3) is 5.69 Å². The summed E-state index contributed by atoms with van der Waals surface area (Å²) in [4.78, 5) is 0. The minimum atomic E-state index is 0.229. The van der Waals surface area contributed by atoms with Gasteiger partial charge in [0, 0.05) is 22.0 Å². The SMILES string of the molecule is COc1ccc(OCc2nnc(SC/C(=N/O)c3ccc(Cl)cc3)n2-c2ccccc2)cc1. The molecular weight excluding hydrogens is 460 g/mol. The number of rotatable bonds is 9. The van der Waals surface area contributed by atoms with Crippen molar-refractivity contribution in [3.8, 4) is 17.2 Å².